The number of pyridine rings is 1. The van der Waals surface area contributed by atoms with Crippen LogP contribution < -0.4 is 5.73 Å². The van der Waals surface area contributed by atoms with Gasteiger partial charge < -0.3 is 5.73 Å². The van der Waals surface area contributed by atoms with E-state index in [0.717, 1.165) is 23.0 Å². The zero-order valence-electron chi connectivity index (χ0n) is 7.13. The Balaban J connectivity index is 2.73. The van der Waals surface area contributed by atoms with Crippen LogP contribution in [0.2, 0.25) is 0 Å². The first-order chi connectivity index (χ1) is 5.74. The lowest BCUT2D eigenvalue weighted by atomic mass is 10.1. The summed E-state index contributed by atoms with van der Waals surface area (Å²) in [6.07, 6.45) is 3.91. The second-order valence-corrected chi connectivity index (χ2v) is 3.62. The summed E-state index contributed by atoms with van der Waals surface area (Å²) >= 11 is 3.31. The third-order valence-electron chi connectivity index (χ3n) is 1.78. The highest BCUT2D eigenvalue weighted by molar-refractivity contribution is 9.10. The molecule has 0 saturated carbocycles. The average molecular weight is 229 g/mol. The van der Waals surface area contributed by atoms with Crippen LogP contribution in [0, 0.1) is 0 Å². The third-order valence-corrected chi connectivity index (χ3v) is 2.21. The number of halogens is 1. The predicted molar refractivity (Wildman–Crippen MR) is 53.8 cm³/mol. The van der Waals surface area contributed by atoms with Gasteiger partial charge in [0.05, 0.1) is 0 Å². The van der Waals surface area contributed by atoms with Crippen molar-refractivity contribution in [1.82, 2.24) is 4.98 Å². The Labute approximate surface area is 81.3 Å². The van der Waals surface area contributed by atoms with E-state index in [1.165, 1.54) is 0 Å². The second-order valence-electron chi connectivity index (χ2n) is 2.81. The van der Waals surface area contributed by atoms with Crippen molar-refractivity contribution in [2.75, 3.05) is 0 Å². The maximum Gasteiger partial charge on any atom is 0.106 e. The van der Waals surface area contributed by atoms with Crippen molar-refractivity contribution in [3.05, 3.63) is 28.5 Å². The molecule has 0 bridgehead atoms. The van der Waals surface area contributed by atoms with E-state index in [0.29, 0.717) is 0 Å². The van der Waals surface area contributed by atoms with Gasteiger partial charge in [-0.25, -0.2) is 4.98 Å². The summed E-state index contributed by atoms with van der Waals surface area (Å²) in [7, 11) is 0. The van der Waals surface area contributed by atoms with E-state index in [1.54, 1.807) is 6.20 Å². The van der Waals surface area contributed by atoms with Crippen LogP contribution in [-0.4, -0.2) is 4.98 Å². The molecule has 1 aromatic rings. The molecule has 0 aliphatic heterocycles. The van der Waals surface area contributed by atoms with E-state index < -0.39 is 0 Å². The van der Waals surface area contributed by atoms with Crippen molar-refractivity contribution >= 4 is 15.9 Å². The lowest BCUT2D eigenvalue weighted by Gasteiger charge is -2.09. The smallest absolute Gasteiger partial charge is 0.106 e. The first kappa shape index (κ1) is 9.68. The van der Waals surface area contributed by atoms with Crippen LogP contribution >= 0.6 is 15.9 Å². The summed E-state index contributed by atoms with van der Waals surface area (Å²) in [5, 5.41) is 0. The van der Waals surface area contributed by atoms with Crippen LogP contribution in [0.25, 0.3) is 0 Å². The molecule has 12 heavy (non-hydrogen) atoms. The van der Waals surface area contributed by atoms with Crippen LogP contribution in [-0.2, 0) is 0 Å². The predicted octanol–water partition coefficient (Wildman–Crippen LogP) is 2.64. The second kappa shape index (κ2) is 4.58. The maximum absolute atomic E-state index is 5.93. The Bertz CT molecular complexity index is 250. The van der Waals surface area contributed by atoms with Crippen LogP contribution in [0.5, 0.6) is 0 Å². The molecule has 0 radical (unpaired) electrons. The first-order valence-corrected chi connectivity index (χ1v) is 4.90. The van der Waals surface area contributed by atoms with Crippen molar-refractivity contribution < 1.29 is 0 Å². The molecule has 1 aromatic heterocycles. The normalized spacial score (nSPS) is 12.9. The highest BCUT2D eigenvalue weighted by atomic mass is 79.9. The number of aromatic nitrogens is 1. The van der Waals surface area contributed by atoms with Gasteiger partial charge in [0.25, 0.3) is 0 Å². The average Bonchev–Trinajstić information content (AvgIpc) is 2.05. The quantitative estimate of drug-likeness (QED) is 0.809. The highest BCUT2D eigenvalue weighted by Crippen LogP contribution is 2.17. The fourth-order valence-electron chi connectivity index (χ4n) is 1.13. The molecule has 2 nitrogen and oxygen atoms in total. The Morgan fingerprint density at radius 2 is 2.42 bits per heavy atom. The summed E-state index contributed by atoms with van der Waals surface area (Å²) in [6, 6.07) is 4.08. The molecule has 0 aliphatic rings. The lowest BCUT2D eigenvalue weighted by molar-refractivity contribution is 0.637. The number of nitrogens with zero attached hydrogens (tertiary/aromatic N) is 1. The monoisotopic (exact) mass is 228 g/mol. The minimum Gasteiger partial charge on any atom is -0.324 e. The Morgan fingerprint density at radius 3 is 3.00 bits per heavy atom. The molecule has 0 unspecified atom stereocenters. The number of hydrogen-bond donors (Lipinski definition) is 1. The molecule has 1 rings (SSSR count). The highest BCUT2D eigenvalue weighted by Gasteiger charge is 2.04. The molecular formula is C9H13BrN2. The van der Waals surface area contributed by atoms with Crippen LogP contribution in [0.3, 0.4) is 0 Å². The third kappa shape index (κ3) is 2.57. The van der Waals surface area contributed by atoms with Crippen molar-refractivity contribution in [1.29, 1.82) is 0 Å². The summed E-state index contributed by atoms with van der Waals surface area (Å²) < 4.78 is 0.853. The molecule has 3 heteroatoms. The van der Waals surface area contributed by atoms with Gasteiger partial charge in [-0.05, 0) is 40.0 Å². The van der Waals surface area contributed by atoms with Crippen LogP contribution in [0.15, 0.2) is 22.9 Å². The minimum absolute atomic E-state index is 0.147. The fourth-order valence-corrected chi connectivity index (χ4v) is 1.51. The van der Waals surface area contributed by atoms with Gasteiger partial charge in [-0.2, -0.15) is 0 Å². The molecule has 0 aliphatic carbocycles. The molecule has 1 atom stereocenters. The molecule has 0 amide bonds. The van der Waals surface area contributed by atoms with E-state index >= 15 is 0 Å². The molecule has 0 aromatic carbocycles. The van der Waals surface area contributed by atoms with Crippen LogP contribution in [0.4, 0.5) is 0 Å². The van der Waals surface area contributed by atoms with Gasteiger partial charge in [-0.15, -0.1) is 0 Å². The SMILES string of the molecule is CCC[C@H](N)c1ccnc(Br)c1. The van der Waals surface area contributed by atoms with Gasteiger partial charge in [0.1, 0.15) is 4.60 Å². The van der Waals surface area contributed by atoms with E-state index in [-0.39, 0.29) is 6.04 Å². The molecular weight excluding hydrogens is 216 g/mol. The molecule has 2 N–H and O–H groups in total. The van der Waals surface area contributed by atoms with E-state index in [1.807, 2.05) is 12.1 Å². The number of nitrogens with two attached hydrogens (primary N) is 1. The van der Waals surface area contributed by atoms with Gasteiger partial charge in [0.15, 0.2) is 0 Å². The maximum atomic E-state index is 5.93. The summed E-state index contributed by atoms with van der Waals surface area (Å²) in [5.74, 6) is 0. The minimum atomic E-state index is 0.147. The van der Waals surface area contributed by atoms with Gasteiger partial charge in [0.2, 0.25) is 0 Å². The van der Waals surface area contributed by atoms with Crippen molar-refractivity contribution in [2.45, 2.75) is 25.8 Å². The summed E-state index contributed by atoms with van der Waals surface area (Å²) in [4.78, 5) is 4.04. The standard InChI is InChI=1S/C9H13BrN2/c1-2-3-8(11)7-4-5-12-9(10)6-7/h4-6,8H,2-3,11H2,1H3/t8-/m0/s1. The topological polar surface area (TPSA) is 38.9 Å². The van der Waals surface area contributed by atoms with Crippen LogP contribution in [0.1, 0.15) is 31.4 Å². The Hall–Kier alpha value is -0.410. The summed E-state index contributed by atoms with van der Waals surface area (Å²) in [5.41, 5.74) is 7.08. The Kier molecular flexibility index (Phi) is 3.69. The zero-order chi connectivity index (χ0) is 8.97. The molecule has 66 valence electrons. The Morgan fingerprint density at radius 1 is 1.67 bits per heavy atom. The molecule has 0 saturated heterocycles. The molecule has 1 heterocycles. The lowest BCUT2D eigenvalue weighted by Crippen LogP contribution is -2.09. The van der Waals surface area contributed by atoms with E-state index in [4.69, 9.17) is 5.73 Å². The van der Waals surface area contributed by atoms with E-state index in [2.05, 4.69) is 27.8 Å². The summed E-state index contributed by atoms with van der Waals surface area (Å²) in [6.45, 7) is 2.14. The van der Waals surface area contributed by atoms with Crippen molar-refractivity contribution in [3.63, 3.8) is 0 Å². The number of hydrogen-bond acceptors (Lipinski definition) is 2. The van der Waals surface area contributed by atoms with Gasteiger partial charge in [-0.1, -0.05) is 13.3 Å². The van der Waals surface area contributed by atoms with E-state index in [9.17, 15) is 0 Å². The largest absolute Gasteiger partial charge is 0.324 e. The fraction of sp³-hybridized carbons (Fsp3) is 0.444. The number of rotatable bonds is 3. The van der Waals surface area contributed by atoms with Gasteiger partial charge in [0, 0.05) is 12.2 Å². The van der Waals surface area contributed by atoms with Gasteiger partial charge >= 0.3 is 0 Å². The van der Waals surface area contributed by atoms with Crippen molar-refractivity contribution in [3.8, 4) is 0 Å². The zero-order valence-corrected chi connectivity index (χ0v) is 8.71. The first-order valence-electron chi connectivity index (χ1n) is 4.11. The molecule has 0 spiro atoms. The van der Waals surface area contributed by atoms with Crippen molar-refractivity contribution in [2.24, 2.45) is 5.73 Å². The molecule has 0 fully saturated rings. The van der Waals surface area contributed by atoms with Gasteiger partial charge in [-0.3, -0.25) is 0 Å².